The number of amides is 2. The van der Waals surface area contributed by atoms with E-state index < -0.39 is 12.2 Å². The number of aliphatic imine (C=N–C) groups is 3. The molecule has 0 aliphatic heterocycles. The maximum atomic E-state index is 14.6. The highest BCUT2D eigenvalue weighted by molar-refractivity contribution is 8.14. The molecular formula is C22H37FN4O2S. The van der Waals surface area contributed by atoms with Crippen LogP contribution in [0.25, 0.3) is 0 Å². The normalized spacial score (nSPS) is 21.6. The Hall–Kier alpha value is -1.57. The molecule has 1 fully saturated rings. The minimum atomic E-state index is -1.09. The number of unbranched alkanes of at least 4 members (excludes halogenated alkanes) is 1. The van der Waals surface area contributed by atoms with Crippen molar-refractivity contribution >= 4 is 40.7 Å². The van der Waals surface area contributed by atoms with Crippen LogP contribution in [0.1, 0.15) is 72.1 Å². The van der Waals surface area contributed by atoms with E-state index in [-0.39, 0.29) is 18.2 Å². The highest BCUT2D eigenvalue weighted by Crippen LogP contribution is 2.33. The van der Waals surface area contributed by atoms with Crippen LogP contribution >= 0.6 is 11.8 Å². The van der Waals surface area contributed by atoms with Gasteiger partial charge in [-0.3, -0.25) is 9.79 Å². The van der Waals surface area contributed by atoms with Crippen molar-refractivity contribution < 1.29 is 14.0 Å². The van der Waals surface area contributed by atoms with Crippen LogP contribution in [0.2, 0.25) is 0 Å². The van der Waals surface area contributed by atoms with Gasteiger partial charge in [-0.05, 0) is 51.4 Å². The van der Waals surface area contributed by atoms with Crippen molar-refractivity contribution in [3.8, 4) is 0 Å². The number of hydrogen-bond donors (Lipinski definition) is 1. The van der Waals surface area contributed by atoms with Crippen molar-refractivity contribution in [2.24, 2.45) is 26.8 Å². The molecule has 0 aromatic rings. The van der Waals surface area contributed by atoms with Gasteiger partial charge in [-0.15, -0.1) is 11.8 Å². The zero-order chi connectivity index (χ0) is 22.4. The Balaban J connectivity index is 2.37. The van der Waals surface area contributed by atoms with Gasteiger partial charge in [0.1, 0.15) is 17.8 Å². The zero-order valence-corrected chi connectivity index (χ0v) is 19.6. The second-order valence-corrected chi connectivity index (χ2v) is 8.87. The van der Waals surface area contributed by atoms with Crippen LogP contribution in [0, 0.1) is 11.8 Å². The van der Waals surface area contributed by atoms with Crippen molar-refractivity contribution in [1.82, 2.24) is 5.32 Å². The predicted octanol–water partition coefficient (Wildman–Crippen LogP) is 5.26. The number of amidine groups is 1. The van der Waals surface area contributed by atoms with Crippen LogP contribution < -0.4 is 5.32 Å². The number of alkyl halides is 1. The van der Waals surface area contributed by atoms with Gasteiger partial charge in [-0.1, -0.05) is 20.3 Å². The van der Waals surface area contributed by atoms with Gasteiger partial charge in [0.15, 0.2) is 0 Å². The molecule has 1 N–H and O–H groups in total. The number of ketones is 1. The molecule has 0 saturated heterocycles. The highest BCUT2D eigenvalue weighted by atomic mass is 32.2. The molecule has 1 rings (SSSR count). The minimum Gasteiger partial charge on any atom is -0.333 e. The maximum Gasteiger partial charge on any atom is 0.341 e. The molecule has 2 amide bonds. The van der Waals surface area contributed by atoms with Crippen molar-refractivity contribution in [2.45, 2.75) is 78.3 Å². The standard InChI is InChI=1S/C22H37FN4O2S/c1-5-7-13-25-21(24-4)18-11-9-17(10-12-18)20(23)14-26-22(29)27-16(3)30-15-19(28)8-6-2/h13,17-18,20H,5-12,14-15H2,1-4H3,(H,26,29)/b24-21?,25-13?,27-16-. The zero-order valence-electron chi connectivity index (χ0n) is 18.8. The van der Waals surface area contributed by atoms with E-state index in [0.717, 1.165) is 50.8 Å². The Bertz CT molecular complexity index is 629. The molecule has 1 aliphatic carbocycles. The molecule has 0 aromatic carbocycles. The Morgan fingerprint density at radius 1 is 1.20 bits per heavy atom. The van der Waals surface area contributed by atoms with Gasteiger partial charge in [0.05, 0.1) is 17.3 Å². The smallest absolute Gasteiger partial charge is 0.333 e. The summed E-state index contributed by atoms with van der Waals surface area (Å²) in [6.45, 7) is 5.72. The van der Waals surface area contributed by atoms with Gasteiger partial charge in [-0.25, -0.2) is 14.2 Å². The summed E-state index contributed by atoms with van der Waals surface area (Å²) in [7, 11) is 1.76. The Labute approximate surface area is 184 Å². The number of rotatable bonds is 10. The van der Waals surface area contributed by atoms with E-state index >= 15 is 0 Å². The third-order valence-corrected chi connectivity index (χ3v) is 6.17. The molecule has 0 radical (unpaired) electrons. The third-order valence-electron chi connectivity index (χ3n) is 5.20. The molecule has 0 aromatic heterocycles. The summed E-state index contributed by atoms with van der Waals surface area (Å²) >= 11 is 1.25. The second kappa shape index (κ2) is 15.3. The van der Waals surface area contributed by atoms with Crippen LogP contribution in [0.15, 0.2) is 15.0 Å². The number of carbonyl (C=O) groups excluding carboxylic acids is 2. The molecule has 1 unspecified atom stereocenters. The van der Waals surface area contributed by atoms with Crippen molar-refractivity contribution in [3.05, 3.63) is 0 Å². The third kappa shape index (κ3) is 10.5. The number of nitrogens with one attached hydrogen (secondary N) is 1. The lowest BCUT2D eigenvalue weighted by atomic mass is 9.79. The molecule has 8 heteroatoms. The van der Waals surface area contributed by atoms with Crippen LogP contribution in [0.5, 0.6) is 0 Å². The number of nitrogens with zero attached hydrogens (tertiary/aromatic N) is 3. The first-order valence-corrected chi connectivity index (χ1v) is 12.0. The maximum absolute atomic E-state index is 14.6. The summed E-state index contributed by atoms with van der Waals surface area (Å²) in [6.07, 6.45) is 7.45. The fourth-order valence-electron chi connectivity index (χ4n) is 3.47. The first-order chi connectivity index (χ1) is 14.4. The number of hydrogen-bond acceptors (Lipinski definition) is 4. The average Bonchev–Trinajstić information content (AvgIpc) is 2.74. The molecule has 1 saturated carbocycles. The van der Waals surface area contributed by atoms with Gasteiger partial charge in [0.25, 0.3) is 0 Å². The number of Topliss-reactive ketones (excluding diaryl/α,β-unsaturated/α-hetero) is 1. The fraction of sp³-hybridized carbons (Fsp3) is 0.773. The van der Waals surface area contributed by atoms with Crippen LogP contribution in [0.4, 0.5) is 9.18 Å². The minimum absolute atomic E-state index is 0.0340. The lowest BCUT2D eigenvalue weighted by Gasteiger charge is -2.30. The first-order valence-electron chi connectivity index (χ1n) is 11.0. The van der Waals surface area contributed by atoms with Crippen LogP contribution in [-0.2, 0) is 4.79 Å². The van der Waals surface area contributed by atoms with Gasteiger partial charge in [0.2, 0.25) is 0 Å². The summed E-state index contributed by atoms with van der Waals surface area (Å²) in [5.74, 6) is 1.55. The summed E-state index contributed by atoms with van der Waals surface area (Å²) in [6, 6.07) is -0.551. The monoisotopic (exact) mass is 440 g/mol. The molecule has 1 atom stereocenters. The Kier molecular flexibility index (Phi) is 13.5. The molecule has 0 bridgehead atoms. The van der Waals surface area contributed by atoms with E-state index in [1.807, 2.05) is 13.1 Å². The van der Waals surface area contributed by atoms with E-state index in [1.165, 1.54) is 11.8 Å². The number of halogens is 1. The van der Waals surface area contributed by atoms with Crippen LogP contribution in [0.3, 0.4) is 0 Å². The topological polar surface area (TPSA) is 83.2 Å². The van der Waals surface area contributed by atoms with Crippen LogP contribution in [-0.4, -0.2) is 54.4 Å². The molecule has 6 nitrogen and oxygen atoms in total. The molecule has 0 spiro atoms. The quantitative estimate of drug-likeness (QED) is 0.371. The second-order valence-electron chi connectivity index (χ2n) is 7.70. The molecule has 0 heterocycles. The summed E-state index contributed by atoms with van der Waals surface area (Å²) in [4.78, 5) is 36.1. The van der Waals surface area contributed by atoms with Gasteiger partial charge < -0.3 is 5.32 Å². The van der Waals surface area contributed by atoms with E-state index in [2.05, 4.69) is 27.2 Å². The van der Waals surface area contributed by atoms with Crippen molar-refractivity contribution in [1.29, 1.82) is 0 Å². The Morgan fingerprint density at radius 2 is 1.90 bits per heavy atom. The largest absolute Gasteiger partial charge is 0.341 e. The summed E-state index contributed by atoms with van der Waals surface area (Å²) in [5, 5.41) is 3.07. The molecule has 1 aliphatic rings. The molecular weight excluding hydrogens is 403 g/mol. The lowest BCUT2D eigenvalue weighted by Crippen LogP contribution is -2.35. The molecule has 170 valence electrons. The van der Waals surface area contributed by atoms with E-state index in [9.17, 15) is 14.0 Å². The van der Waals surface area contributed by atoms with E-state index in [4.69, 9.17) is 0 Å². The van der Waals surface area contributed by atoms with Crippen molar-refractivity contribution in [3.63, 3.8) is 0 Å². The highest BCUT2D eigenvalue weighted by Gasteiger charge is 2.29. The van der Waals surface area contributed by atoms with Gasteiger partial charge >= 0.3 is 6.03 Å². The molecule has 30 heavy (non-hydrogen) atoms. The van der Waals surface area contributed by atoms with E-state index in [1.54, 1.807) is 14.0 Å². The number of urea groups is 1. The summed E-state index contributed by atoms with van der Waals surface area (Å²) in [5.41, 5.74) is 0. The van der Waals surface area contributed by atoms with Gasteiger partial charge in [0, 0.05) is 25.6 Å². The SMILES string of the molecule is CCCC=NC(=NC)C1CCC(C(F)CNC(=O)/N=C(/C)SCC(=O)CCC)CC1. The summed E-state index contributed by atoms with van der Waals surface area (Å²) < 4.78 is 14.6. The van der Waals surface area contributed by atoms with Gasteiger partial charge in [-0.2, -0.15) is 4.99 Å². The number of thioether (sulfide) groups is 1. The number of carbonyl (C=O) groups is 2. The fourth-order valence-corrected chi connectivity index (χ4v) is 4.14. The average molecular weight is 441 g/mol. The lowest BCUT2D eigenvalue weighted by molar-refractivity contribution is -0.116. The Morgan fingerprint density at radius 3 is 2.50 bits per heavy atom. The predicted molar refractivity (Wildman–Crippen MR) is 126 cm³/mol. The first kappa shape index (κ1) is 26.5. The van der Waals surface area contributed by atoms with Crippen molar-refractivity contribution in [2.75, 3.05) is 19.3 Å². The van der Waals surface area contributed by atoms with E-state index in [0.29, 0.717) is 23.1 Å².